The highest BCUT2D eigenvalue weighted by atomic mass is 16.6. The zero-order valence-electron chi connectivity index (χ0n) is 23.3. The molecule has 2 unspecified atom stereocenters. The van der Waals surface area contributed by atoms with Crippen LogP contribution in [-0.4, -0.2) is 46.5 Å². The molecule has 1 saturated heterocycles. The SMILES string of the molecule is CCOC(=O)C1(C(=O)OCC)/C(=C/c2ccccc2)C(c2cc(OC)c(OC)c(OC)c2)OC1c1ccccc1. The summed E-state index contributed by atoms with van der Waals surface area (Å²) in [6.07, 6.45) is -0.135. The lowest BCUT2D eigenvalue weighted by atomic mass is 9.71. The van der Waals surface area contributed by atoms with Gasteiger partial charge in [0.05, 0.1) is 34.5 Å². The van der Waals surface area contributed by atoms with E-state index < -0.39 is 29.6 Å². The molecule has 1 fully saturated rings. The maximum Gasteiger partial charge on any atom is 0.330 e. The summed E-state index contributed by atoms with van der Waals surface area (Å²) in [6, 6.07) is 22.0. The number of hydrogen-bond acceptors (Lipinski definition) is 8. The van der Waals surface area contributed by atoms with Crippen LogP contribution >= 0.6 is 0 Å². The van der Waals surface area contributed by atoms with Gasteiger partial charge in [-0.2, -0.15) is 0 Å². The van der Waals surface area contributed by atoms with E-state index in [2.05, 4.69) is 0 Å². The van der Waals surface area contributed by atoms with Crippen LogP contribution < -0.4 is 14.2 Å². The second kappa shape index (κ2) is 12.7. The van der Waals surface area contributed by atoms with E-state index in [1.807, 2.05) is 60.7 Å². The molecule has 2 atom stereocenters. The summed E-state index contributed by atoms with van der Waals surface area (Å²) < 4.78 is 34.6. The minimum Gasteiger partial charge on any atom is -0.493 e. The summed E-state index contributed by atoms with van der Waals surface area (Å²) >= 11 is 0. The molecule has 210 valence electrons. The van der Waals surface area contributed by atoms with Gasteiger partial charge >= 0.3 is 11.9 Å². The van der Waals surface area contributed by atoms with Gasteiger partial charge in [0.2, 0.25) is 11.2 Å². The molecular formula is C32H34O8. The molecule has 0 spiro atoms. The zero-order valence-corrected chi connectivity index (χ0v) is 23.3. The maximum atomic E-state index is 14.1. The minimum atomic E-state index is -1.94. The lowest BCUT2D eigenvalue weighted by molar-refractivity contribution is -0.174. The van der Waals surface area contributed by atoms with E-state index in [1.54, 1.807) is 32.1 Å². The van der Waals surface area contributed by atoms with Crippen molar-refractivity contribution in [2.24, 2.45) is 5.41 Å². The fraction of sp³-hybridized carbons (Fsp3) is 0.312. The van der Waals surface area contributed by atoms with Gasteiger partial charge in [-0.1, -0.05) is 66.7 Å². The molecule has 4 rings (SSSR count). The van der Waals surface area contributed by atoms with Crippen molar-refractivity contribution >= 4 is 18.0 Å². The average Bonchev–Trinajstić information content (AvgIpc) is 3.33. The Bertz CT molecular complexity index is 1310. The Morgan fingerprint density at radius 1 is 0.775 bits per heavy atom. The van der Waals surface area contributed by atoms with Gasteiger partial charge in [0.25, 0.3) is 0 Å². The number of carbonyl (C=O) groups is 2. The topological polar surface area (TPSA) is 89.5 Å². The summed E-state index contributed by atoms with van der Waals surface area (Å²) in [5.41, 5.74) is 0.420. The number of hydrogen-bond donors (Lipinski definition) is 0. The molecular weight excluding hydrogens is 512 g/mol. The molecule has 0 N–H and O–H groups in total. The van der Waals surface area contributed by atoms with Crippen LogP contribution in [0.15, 0.2) is 78.4 Å². The summed E-state index contributed by atoms with van der Waals surface area (Å²) in [4.78, 5) is 28.2. The van der Waals surface area contributed by atoms with Gasteiger partial charge in [-0.05, 0) is 48.2 Å². The van der Waals surface area contributed by atoms with Gasteiger partial charge in [-0.25, -0.2) is 0 Å². The Hall–Kier alpha value is -4.30. The van der Waals surface area contributed by atoms with Crippen LogP contribution in [0.2, 0.25) is 0 Å². The lowest BCUT2D eigenvalue weighted by Crippen LogP contribution is -2.45. The van der Waals surface area contributed by atoms with Gasteiger partial charge in [0.15, 0.2) is 11.5 Å². The van der Waals surface area contributed by atoms with Crippen LogP contribution in [0.3, 0.4) is 0 Å². The summed E-state index contributed by atoms with van der Waals surface area (Å²) in [7, 11) is 4.56. The first-order valence-corrected chi connectivity index (χ1v) is 13.1. The highest BCUT2D eigenvalue weighted by Gasteiger charge is 2.66. The van der Waals surface area contributed by atoms with Crippen molar-refractivity contribution in [2.75, 3.05) is 34.5 Å². The Kier molecular flexibility index (Phi) is 9.11. The van der Waals surface area contributed by atoms with Gasteiger partial charge in [-0.3, -0.25) is 9.59 Å². The van der Waals surface area contributed by atoms with E-state index >= 15 is 0 Å². The molecule has 40 heavy (non-hydrogen) atoms. The number of esters is 2. The molecule has 0 saturated carbocycles. The van der Waals surface area contributed by atoms with Crippen molar-refractivity contribution in [3.05, 3.63) is 95.1 Å². The lowest BCUT2D eigenvalue weighted by Gasteiger charge is -2.31. The van der Waals surface area contributed by atoms with Crippen molar-refractivity contribution in [1.29, 1.82) is 0 Å². The largest absolute Gasteiger partial charge is 0.493 e. The molecule has 3 aromatic carbocycles. The molecule has 0 radical (unpaired) electrons. The first-order valence-electron chi connectivity index (χ1n) is 13.1. The number of methoxy groups -OCH3 is 3. The predicted molar refractivity (Wildman–Crippen MR) is 149 cm³/mol. The monoisotopic (exact) mass is 546 g/mol. The zero-order chi connectivity index (χ0) is 28.7. The highest BCUT2D eigenvalue weighted by molar-refractivity contribution is 6.06. The van der Waals surface area contributed by atoms with Crippen molar-refractivity contribution in [3.8, 4) is 17.2 Å². The quantitative estimate of drug-likeness (QED) is 0.236. The number of benzene rings is 3. The Morgan fingerprint density at radius 3 is 1.77 bits per heavy atom. The summed E-state index contributed by atoms with van der Waals surface area (Å²) in [6.45, 7) is 3.52. The first kappa shape index (κ1) is 28.7. The third-order valence-corrected chi connectivity index (χ3v) is 6.81. The second-order valence-electron chi connectivity index (χ2n) is 9.02. The Morgan fingerprint density at radius 2 is 1.30 bits per heavy atom. The van der Waals surface area contributed by atoms with E-state index in [1.165, 1.54) is 21.3 Å². The fourth-order valence-electron chi connectivity index (χ4n) is 5.08. The summed E-state index contributed by atoms with van der Waals surface area (Å²) in [5.74, 6) is -0.290. The van der Waals surface area contributed by atoms with Crippen LogP contribution in [-0.2, 0) is 23.8 Å². The molecule has 3 aromatic rings. The number of ether oxygens (including phenoxy) is 6. The van der Waals surface area contributed by atoms with Gasteiger partial charge < -0.3 is 28.4 Å². The smallest absolute Gasteiger partial charge is 0.330 e. The van der Waals surface area contributed by atoms with Crippen LogP contribution in [0, 0.1) is 5.41 Å². The molecule has 8 nitrogen and oxygen atoms in total. The average molecular weight is 547 g/mol. The van der Waals surface area contributed by atoms with Gasteiger partial charge in [0, 0.05) is 0 Å². The van der Waals surface area contributed by atoms with Crippen molar-refractivity contribution < 1.29 is 38.0 Å². The first-order chi connectivity index (χ1) is 19.5. The van der Waals surface area contributed by atoms with Gasteiger partial charge in [0.1, 0.15) is 12.2 Å². The molecule has 1 aliphatic heterocycles. The Balaban J connectivity index is 2.08. The second-order valence-corrected chi connectivity index (χ2v) is 9.02. The van der Waals surface area contributed by atoms with E-state index in [4.69, 9.17) is 28.4 Å². The molecule has 8 heteroatoms. The van der Waals surface area contributed by atoms with Crippen LogP contribution in [0.4, 0.5) is 0 Å². The predicted octanol–water partition coefficient (Wildman–Crippen LogP) is 5.72. The third-order valence-electron chi connectivity index (χ3n) is 6.81. The maximum absolute atomic E-state index is 14.1. The molecule has 0 aromatic heterocycles. The number of carbonyl (C=O) groups excluding carboxylic acids is 2. The minimum absolute atomic E-state index is 0.0644. The van der Waals surface area contributed by atoms with Crippen LogP contribution in [0.25, 0.3) is 6.08 Å². The molecule has 1 heterocycles. The standard InChI is InChI=1S/C32H34O8/c1-6-38-30(33)32(31(34)39-7-2)24(18-21-14-10-8-11-15-21)27(40-29(32)22-16-12-9-13-17-22)23-19-25(35-3)28(37-5)26(20-23)36-4/h8-20,27,29H,6-7H2,1-5H3/b24-18+. The van der Waals surface area contributed by atoms with Crippen molar-refractivity contribution in [1.82, 2.24) is 0 Å². The normalized spacial score (nSPS) is 18.7. The van der Waals surface area contributed by atoms with E-state index in [9.17, 15) is 9.59 Å². The van der Waals surface area contributed by atoms with Crippen LogP contribution in [0.1, 0.15) is 42.7 Å². The van der Waals surface area contributed by atoms with Gasteiger partial charge in [-0.15, -0.1) is 0 Å². The Labute approximate surface area is 234 Å². The molecule has 0 bridgehead atoms. The van der Waals surface area contributed by atoms with Crippen LogP contribution in [0.5, 0.6) is 17.2 Å². The van der Waals surface area contributed by atoms with Crippen molar-refractivity contribution in [3.63, 3.8) is 0 Å². The van der Waals surface area contributed by atoms with E-state index in [0.29, 0.717) is 33.9 Å². The highest BCUT2D eigenvalue weighted by Crippen LogP contribution is 2.60. The molecule has 0 amide bonds. The third kappa shape index (κ3) is 5.14. The van der Waals surface area contributed by atoms with E-state index in [0.717, 1.165) is 5.56 Å². The fourth-order valence-corrected chi connectivity index (χ4v) is 5.08. The van der Waals surface area contributed by atoms with Crippen molar-refractivity contribution in [2.45, 2.75) is 26.1 Å². The number of rotatable bonds is 10. The molecule has 1 aliphatic rings. The summed E-state index contributed by atoms with van der Waals surface area (Å²) in [5, 5.41) is 0. The molecule has 0 aliphatic carbocycles. The van der Waals surface area contributed by atoms with E-state index in [-0.39, 0.29) is 13.2 Å².